The van der Waals surface area contributed by atoms with Crippen LogP contribution in [-0.4, -0.2) is 73.1 Å². The first kappa shape index (κ1) is 29.8. The van der Waals surface area contributed by atoms with E-state index in [2.05, 4.69) is 14.6 Å². The van der Waals surface area contributed by atoms with Crippen molar-refractivity contribution in [1.29, 1.82) is 0 Å². The minimum Gasteiger partial charge on any atom is -0.488 e. The molecule has 0 unspecified atom stereocenters. The van der Waals surface area contributed by atoms with Crippen molar-refractivity contribution in [2.75, 3.05) is 31.5 Å². The maximum Gasteiger partial charge on any atom is 0.261 e. The zero-order valence-corrected chi connectivity index (χ0v) is 24.4. The Hall–Kier alpha value is -3.18. The zero-order valence-electron chi connectivity index (χ0n) is 22.8. The smallest absolute Gasteiger partial charge is 0.261 e. The van der Waals surface area contributed by atoms with E-state index in [0.717, 1.165) is 5.56 Å². The number of hydrogen-bond acceptors (Lipinski definition) is 7. The fraction of sp³-hybridized carbons (Fsp3) is 0.379. The summed E-state index contributed by atoms with van der Waals surface area (Å²) >= 11 is 5.91. The van der Waals surface area contributed by atoms with Gasteiger partial charge in [-0.1, -0.05) is 18.5 Å². The van der Waals surface area contributed by atoms with Gasteiger partial charge in [0, 0.05) is 54.2 Å². The number of pyridine rings is 1. The van der Waals surface area contributed by atoms with E-state index < -0.39 is 10.0 Å². The summed E-state index contributed by atoms with van der Waals surface area (Å²) in [4.78, 5) is 21.4. The average molecular weight is 587 g/mol. The van der Waals surface area contributed by atoms with Gasteiger partial charge in [0.05, 0.1) is 24.0 Å². The number of fused-ring (bicyclic) bond motifs is 1. The lowest BCUT2D eigenvalue weighted by Gasteiger charge is -2.34. The largest absolute Gasteiger partial charge is 0.488 e. The number of benzene rings is 2. The Morgan fingerprint density at radius 1 is 1.18 bits per heavy atom. The van der Waals surface area contributed by atoms with Gasteiger partial charge in [-0.3, -0.25) is 19.4 Å². The molecule has 0 saturated carbocycles. The van der Waals surface area contributed by atoms with E-state index in [-0.39, 0.29) is 41.9 Å². The SMILES string of the molecule is C[C@@H]1CN([C@H](C)CO)C(=O)Cc2cc(NS(=O)(=O)c3ccc(Cl)cc3)ccc2O[C@@H]1CN(C)Cc1ccncc1. The zero-order chi connectivity index (χ0) is 28.9. The lowest BCUT2D eigenvalue weighted by atomic mass is 10.0. The minimum absolute atomic E-state index is 0.00246. The maximum absolute atomic E-state index is 13.4. The molecule has 1 aromatic heterocycles. The van der Waals surface area contributed by atoms with Crippen LogP contribution in [0.15, 0.2) is 71.9 Å². The van der Waals surface area contributed by atoms with Crippen molar-refractivity contribution in [3.8, 4) is 5.75 Å². The summed E-state index contributed by atoms with van der Waals surface area (Å²) in [5.41, 5.74) is 2.00. The third kappa shape index (κ3) is 7.51. The van der Waals surface area contributed by atoms with Crippen LogP contribution in [-0.2, 0) is 27.8 Å². The molecule has 0 saturated heterocycles. The second kappa shape index (κ2) is 13.0. The molecular formula is C29H35ClN4O5S. The van der Waals surface area contributed by atoms with Gasteiger partial charge in [0.25, 0.3) is 10.0 Å². The quantitative estimate of drug-likeness (QED) is 0.392. The Bertz CT molecular complexity index is 1410. The lowest BCUT2D eigenvalue weighted by Crippen LogP contribution is -2.47. The second-order valence-corrected chi connectivity index (χ2v) is 12.4. The van der Waals surface area contributed by atoms with Crippen LogP contribution in [0.25, 0.3) is 0 Å². The number of halogens is 1. The van der Waals surface area contributed by atoms with Crippen LogP contribution >= 0.6 is 11.6 Å². The first-order valence-electron chi connectivity index (χ1n) is 13.1. The standard InChI is InChI=1S/C29H35ClN4O5S/c1-20-16-34(21(2)19-35)29(36)15-23-14-25(32-40(37,38)26-7-4-24(30)5-8-26)6-9-27(23)39-28(20)18-33(3)17-22-10-12-31-13-11-22/h4-14,20-21,28,32,35H,15-19H2,1-3H3/t20-,21-,28-/m1/s1. The van der Waals surface area contributed by atoms with Gasteiger partial charge in [0.2, 0.25) is 5.91 Å². The number of sulfonamides is 1. The number of nitrogens with zero attached hydrogens (tertiary/aromatic N) is 3. The highest BCUT2D eigenvalue weighted by atomic mass is 35.5. The number of ether oxygens (including phenoxy) is 1. The van der Waals surface area contributed by atoms with Crippen LogP contribution in [0, 0.1) is 5.92 Å². The number of hydrogen-bond donors (Lipinski definition) is 2. The highest BCUT2D eigenvalue weighted by Gasteiger charge is 2.31. The molecule has 1 aliphatic heterocycles. The molecule has 0 radical (unpaired) electrons. The summed E-state index contributed by atoms with van der Waals surface area (Å²) < 4.78 is 35.1. The average Bonchev–Trinajstić information content (AvgIpc) is 2.96. The highest BCUT2D eigenvalue weighted by Crippen LogP contribution is 2.30. The molecule has 1 aliphatic rings. The molecule has 4 rings (SSSR count). The van der Waals surface area contributed by atoms with Crippen LogP contribution in [0.4, 0.5) is 5.69 Å². The summed E-state index contributed by atoms with van der Waals surface area (Å²) in [5.74, 6) is 0.309. The van der Waals surface area contributed by atoms with E-state index in [9.17, 15) is 18.3 Å². The first-order valence-corrected chi connectivity index (χ1v) is 15.0. The second-order valence-electron chi connectivity index (χ2n) is 10.3. The van der Waals surface area contributed by atoms with Gasteiger partial charge in [0.1, 0.15) is 11.9 Å². The molecule has 214 valence electrons. The molecule has 1 amide bonds. The molecule has 2 N–H and O–H groups in total. The number of aliphatic hydroxyl groups excluding tert-OH is 1. The van der Waals surface area contributed by atoms with E-state index in [1.807, 2.05) is 33.0 Å². The maximum atomic E-state index is 13.4. The molecule has 3 atom stereocenters. The van der Waals surface area contributed by atoms with Crippen LogP contribution < -0.4 is 9.46 Å². The molecular weight excluding hydrogens is 552 g/mol. The van der Waals surface area contributed by atoms with Gasteiger partial charge < -0.3 is 14.7 Å². The van der Waals surface area contributed by atoms with Gasteiger partial charge >= 0.3 is 0 Å². The number of likely N-dealkylation sites (N-methyl/N-ethyl adjacent to an activating group) is 1. The normalized spacial score (nSPS) is 18.8. The van der Waals surface area contributed by atoms with Crippen molar-refractivity contribution in [2.24, 2.45) is 5.92 Å². The van der Waals surface area contributed by atoms with E-state index in [0.29, 0.717) is 41.7 Å². The van der Waals surface area contributed by atoms with Crippen molar-refractivity contribution >= 4 is 33.2 Å². The number of carbonyl (C=O) groups excluding carboxylic acids is 1. The predicted octanol–water partition coefficient (Wildman–Crippen LogP) is 3.82. The predicted molar refractivity (Wildman–Crippen MR) is 155 cm³/mol. The molecule has 0 spiro atoms. The summed E-state index contributed by atoms with van der Waals surface area (Å²) in [6.07, 6.45) is 3.25. The van der Waals surface area contributed by atoms with E-state index in [1.165, 1.54) is 24.3 Å². The number of nitrogens with one attached hydrogen (secondary N) is 1. The van der Waals surface area contributed by atoms with Crippen LogP contribution in [0.1, 0.15) is 25.0 Å². The number of aromatic nitrogens is 1. The molecule has 0 aliphatic carbocycles. The fourth-order valence-corrected chi connectivity index (χ4v) is 5.89. The topological polar surface area (TPSA) is 112 Å². The van der Waals surface area contributed by atoms with E-state index in [1.54, 1.807) is 35.5 Å². The van der Waals surface area contributed by atoms with Crippen molar-refractivity contribution < 1.29 is 23.1 Å². The Labute approximate surface area is 240 Å². The molecule has 2 heterocycles. The molecule has 2 aromatic carbocycles. The van der Waals surface area contributed by atoms with Crippen molar-refractivity contribution in [2.45, 2.75) is 43.9 Å². The number of amides is 1. The fourth-order valence-electron chi connectivity index (χ4n) is 4.71. The summed E-state index contributed by atoms with van der Waals surface area (Å²) in [7, 11) is -1.86. The lowest BCUT2D eigenvalue weighted by molar-refractivity contribution is -0.134. The number of aliphatic hydroxyl groups is 1. The Kier molecular flexibility index (Phi) is 9.68. The molecule has 3 aromatic rings. The molecule has 9 nitrogen and oxygen atoms in total. The van der Waals surface area contributed by atoms with E-state index in [4.69, 9.17) is 16.3 Å². The van der Waals surface area contributed by atoms with Gasteiger partial charge in [0.15, 0.2) is 0 Å². The van der Waals surface area contributed by atoms with Crippen molar-refractivity contribution in [3.05, 3.63) is 83.1 Å². The van der Waals surface area contributed by atoms with Gasteiger partial charge in [-0.2, -0.15) is 0 Å². The van der Waals surface area contributed by atoms with Crippen LogP contribution in [0.5, 0.6) is 5.75 Å². The number of rotatable bonds is 9. The summed E-state index contributed by atoms with van der Waals surface area (Å²) in [6, 6.07) is 14.4. The van der Waals surface area contributed by atoms with Crippen LogP contribution in [0.3, 0.4) is 0 Å². The minimum atomic E-state index is -3.88. The Morgan fingerprint density at radius 3 is 2.55 bits per heavy atom. The summed E-state index contributed by atoms with van der Waals surface area (Å²) in [6.45, 7) is 5.38. The Balaban J connectivity index is 1.63. The molecule has 0 fully saturated rings. The van der Waals surface area contributed by atoms with Gasteiger partial charge in [-0.05, 0) is 74.1 Å². The number of anilines is 1. The molecule has 11 heteroatoms. The van der Waals surface area contributed by atoms with Crippen LogP contribution in [0.2, 0.25) is 5.02 Å². The third-order valence-electron chi connectivity index (χ3n) is 6.99. The van der Waals surface area contributed by atoms with Crippen molar-refractivity contribution in [1.82, 2.24) is 14.8 Å². The van der Waals surface area contributed by atoms with Crippen molar-refractivity contribution in [3.63, 3.8) is 0 Å². The molecule has 0 bridgehead atoms. The first-order chi connectivity index (χ1) is 19.1. The highest BCUT2D eigenvalue weighted by molar-refractivity contribution is 7.92. The monoisotopic (exact) mass is 586 g/mol. The number of carbonyl (C=O) groups is 1. The molecule has 40 heavy (non-hydrogen) atoms. The summed E-state index contributed by atoms with van der Waals surface area (Å²) in [5, 5.41) is 10.3. The van der Waals surface area contributed by atoms with Gasteiger partial charge in [-0.25, -0.2) is 8.42 Å². The van der Waals surface area contributed by atoms with E-state index >= 15 is 0 Å². The third-order valence-corrected chi connectivity index (χ3v) is 8.64. The van der Waals surface area contributed by atoms with Gasteiger partial charge in [-0.15, -0.1) is 0 Å². The Morgan fingerprint density at radius 2 is 1.88 bits per heavy atom.